The average molecular weight is 703 g/mol. The Balaban J connectivity index is 3.88. The van der Waals surface area contributed by atoms with Gasteiger partial charge in [-0.15, -0.1) is 0 Å². The van der Waals surface area contributed by atoms with Crippen molar-refractivity contribution in [3.63, 3.8) is 0 Å². The van der Waals surface area contributed by atoms with Gasteiger partial charge in [-0.05, 0) is 12.8 Å². The molecule has 0 aromatic carbocycles. The molecular weight excluding hydrogens is 627 g/mol. The molecule has 0 aliphatic heterocycles. The van der Waals surface area contributed by atoms with Crippen molar-refractivity contribution in [3.05, 3.63) is 0 Å². The summed E-state index contributed by atoms with van der Waals surface area (Å²) in [6.07, 6.45) is 36.3. The third-order valence-corrected chi connectivity index (χ3v) is 9.58. The number of hydrogen-bond donors (Lipinski definition) is 0. The number of carbonyl (C=O) groups is 2. The number of hydrogen-bond acceptors (Lipinski definition) is 8. The first kappa shape index (κ1) is 47.0. The number of phosphoric acid groups is 1. The number of ether oxygens (including phenoxy) is 2. The van der Waals surface area contributed by atoms with E-state index in [9.17, 15) is 23.9 Å². The van der Waals surface area contributed by atoms with E-state index in [1.165, 1.54) is 148 Å². The predicted molar refractivity (Wildman–Crippen MR) is 193 cm³/mol. The van der Waals surface area contributed by atoms with Crippen LogP contribution in [-0.2, 0) is 28.2 Å². The van der Waals surface area contributed by atoms with Crippen LogP contribution in [0, 0.1) is 0 Å². The Kier molecular flexibility index (Phi) is 35.2. The Hall–Kier alpha value is -0.950. The molecule has 0 heterocycles. The Morgan fingerprint density at radius 2 is 0.750 bits per heavy atom. The molecule has 0 aliphatic carbocycles. The average Bonchev–Trinajstić information content (AvgIpc) is 3.05. The van der Waals surface area contributed by atoms with E-state index in [4.69, 9.17) is 9.47 Å². The maximum absolute atomic E-state index is 12.3. The minimum absolute atomic E-state index is 0.189. The molecule has 0 aromatic rings. The van der Waals surface area contributed by atoms with Crippen molar-refractivity contribution in [2.45, 2.75) is 225 Å². The van der Waals surface area contributed by atoms with Crippen LogP contribution in [0.15, 0.2) is 0 Å². The SMILES string of the molecule is CCCCCCCCCCCCCCCCCC(=O)OC[C@H](COP(=O)([O-])[O-])OC(=O)CCCCCCCCCCCCCCCCC. The molecule has 0 rings (SSSR count). The van der Waals surface area contributed by atoms with Crippen LogP contribution in [0.4, 0.5) is 0 Å². The molecule has 286 valence electrons. The van der Waals surface area contributed by atoms with E-state index < -0.39 is 32.5 Å². The summed E-state index contributed by atoms with van der Waals surface area (Å²) in [4.78, 5) is 46.5. The van der Waals surface area contributed by atoms with Gasteiger partial charge in [-0.1, -0.05) is 194 Å². The molecule has 8 nitrogen and oxygen atoms in total. The van der Waals surface area contributed by atoms with Gasteiger partial charge in [0.25, 0.3) is 0 Å². The Morgan fingerprint density at radius 1 is 0.458 bits per heavy atom. The molecule has 0 amide bonds. The zero-order chi connectivity index (χ0) is 35.4. The highest BCUT2D eigenvalue weighted by molar-refractivity contribution is 7.43. The van der Waals surface area contributed by atoms with E-state index in [1.807, 2.05) is 0 Å². The maximum atomic E-state index is 12.3. The normalized spacial score (nSPS) is 12.3. The fourth-order valence-corrected chi connectivity index (χ4v) is 6.42. The molecule has 48 heavy (non-hydrogen) atoms. The summed E-state index contributed by atoms with van der Waals surface area (Å²) in [6.45, 7) is 3.52. The Morgan fingerprint density at radius 3 is 1.06 bits per heavy atom. The third kappa shape index (κ3) is 37.9. The van der Waals surface area contributed by atoms with Gasteiger partial charge in [-0.25, -0.2) is 0 Å². The van der Waals surface area contributed by atoms with Gasteiger partial charge in [0.05, 0.1) is 14.4 Å². The lowest BCUT2D eigenvalue weighted by Crippen LogP contribution is -2.31. The second-order valence-electron chi connectivity index (χ2n) is 13.9. The monoisotopic (exact) mass is 703 g/mol. The van der Waals surface area contributed by atoms with E-state index in [1.54, 1.807) is 0 Å². The highest BCUT2D eigenvalue weighted by Gasteiger charge is 2.18. The maximum Gasteiger partial charge on any atom is 0.306 e. The summed E-state index contributed by atoms with van der Waals surface area (Å²) < 4.78 is 25.8. The summed E-state index contributed by atoms with van der Waals surface area (Å²) >= 11 is 0. The van der Waals surface area contributed by atoms with Crippen LogP contribution in [0.5, 0.6) is 0 Å². The van der Waals surface area contributed by atoms with Gasteiger partial charge in [0.15, 0.2) is 6.10 Å². The summed E-state index contributed by atoms with van der Waals surface area (Å²) in [5.41, 5.74) is 0. The molecule has 0 N–H and O–H groups in total. The second-order valence-corrected chi connectivity index (χ2v) is 15.1. The van der Waals surface area contributed by atoms with Crippen molar-refractivity contribution in [2.75, 3.05) is 13.2 Å². The zero-order valence-corrected chi connectivity index (χ0v) is 32.2. The fourth-order valence-electron chi connectivity index (χ4n) is 6.07. The molecule has 0 unspecified atom stereocenters. The first-order valence-corrected chi connectivity index (χ1v) is 21.8. The molecule has 0 spiro atoms. The first-order valence-electron chi connectivity index (χ1n) is 20.3. The van der Waals surface area contributed by atoms with Crippen molar-refractivity contribution in [1.29, 1.82) is 0 Å². The van der Waals surface area contributed by atoms with Crippen LogP contribution in [0.2, 0.25) is 0 Å². The first-order chi connectivity index (χ1) is 23.3. The minimum Gasteiger partial charge on any atom is -0.790 e. The van der Waals surface area contributed by atoms with Gasteiger partial charge in [-0.3, -0.25) is 9.59 Å². The molecular formula is C39H75O8P-2. The largest absolute Gasteiger partial charge is 0.790 e. The summed E-state index contributed by atoms with van der Waals surface area (Å²) in [5, 5.41) is 0. The Labute approximate surface area is 295 Å². The van der Waals surface area contributed by atoms with Crippen LogP contribution in [0.3, 0.4) is 0 Å². The van der Waals surface area contributed by atoms with Crippen LogP contribution in [0.25, 0.3) is 0 Å². The molecule has 9 heteroatoms. The second kappa shape index (κ2) is 35.9. The molecule has 1 atom stereocenters. The van der Waals surface area contributed by atoms with E-state index in [0.717, 1.165) is 32.1 Å². The van der Waals surface area contributed by atoms with Crippen molar-refractivity contribution < 1.29 is 37.9 Å². The number of unbranched alkanes of at least 4 members (excludes halogenated alkanes) is 28. The zero-order valence-electron chi connectivity index (χ0n) is 31.3. The van der Waals surface area contributed by atoms with Crippen molar-refractivity contribution in [2.24, 2.45) is 0 Å². The summed E-state index contributed by atoms with van der Waals surface area (Å²) in [5.74, 6) is -0.941. The topological polar surface area (TPSA) is 125 Å². The lowest BCUT2D eigenvalue weighted by atomic mass is 10.0. The molecule has 0 bridgehead atoms. The Bertz CT molecular complexity index is 756. The quantitative estimate of drug-likeness (QED) is 0.0353. The van der Waals surface area contributed by atoms with Gasteiger partial charge >= 0.3 is 11.9 Å². The molecule has 0 fully saturated rings. The predicted octanol–water partition coefficient (Wildman–Crippen LogP) is 10.8. The highest BCUT2D eigenvalue weighted by Crippen LogP contribution is 2.25. The minimum atomic E-state index is -5.24. The summed E-state index contributed by atoms with van der Waals surface area (Å²) in [7, 11) is -5.24. The molecule has 0 aliphatic rings. The van der Waals surface area contributed by atoms with Crippen molar-refractivity contribution in [3.8, 4) is 0 Å². The van der Waals surface area contributed by atoms with E-state index in [0.29, 0.717) is 12.8 Å². The number of esters is 2. The number of phosphoric ester groups is 1. The number of carbonyl (C=O) groups excluding carboxylic acids is 2. The van der Waals surface area contributed by atoms with Gasteiger partial charge in [-0.2, -0.15) is 0 Å². The van der Waals surface area contributed by atoms with E-state index in [-0.39, 0.29) is 19.4 Å². The lowest BCUT2D eigenvalue weighted by Gasteiger charge is -2.30. The van der Waals surface area contributed by atoms with E-state index in [2.05, 4.69) is 18.4 Å². The summed E-state index contributed by atoms with van der Waals surface area (Å²) in [6, 6.07) is 0. The van der Waals surface area contributed by atoms with Crippen molar-refractivity contribution >= 4 is 19.8 Å². The lowest BCUT2D eigenvalue weighted by molar-refractivity contribution is -0.343. The molecule has 0 saturated carbocycles. The van der Waals surface area contributed by atoms with Crippen molar-refractivity contribution in [1.82, 2.24) is 0 Å². The molecule has 0 aromatic heterocycles. The fraction of sp³-hybridized carbons (Fsp3) is 0.949. The van der Waals surface area contributed by atoms with Crippen LogP contribution in [0.1, 0.15) is 219 Å². The molecule has 0 saturated heterocycles. The van der Waals surface area contributed by atoms with Gasteiger partial charge in [0, 0.05) is 12.8 Å². The van der Waals surface area contributed by atoms with Crippen LogP contribution in [-0.4, -0.2) is 31.3 Å². The standard InChI is InChI=1S/C39H77O8P/c1-3-5-7-9-11-13-15-17-19-21-23-25-27-29-31-33-38(40)45-35-37(36-46-48(42,43)44)47-39(41)34-32-30-28-26-24-22-20-18-16-14-12-10-8-6-4-2/h37H,3-36H2,1-2H3,(H2,42,43,44)/p-2/t37-/m1/s1. The smallest absolute Gasteiger partial charge is 0.306 e. The van der Waals surface area contributed by atoms with E-state index >= 15 is 0 Å². The van der Waals surface area contributed by atoms with Crippen LogP contribution < -0.4 is 9.79 Å². The number of rotatable bonds is 38. The van der Waals surface area contributed by atoms with Gasteiger partial charge < -0.3 is 28.3 Å². The van der Waals surface area contributed by atoms with Gasteiger partial charge in [0.1, 0.15) is 6.61 Å². The van der Waals surface area contributed by atoms with Crippen LogP contribution >= 0.6 is 7.82 Å². The molecule has 0 radical (unpaired) electrons. The third-order valence-electron chi connectivity index (χ3n) is 9.12. The highest BCUT2D eigenvalue weighted by atomic mass is 31.2. The van der Waals surface area contributed by atoms with Gasteiger partial charge in [0.2, 0.25) is 0 Å².